The van der Waals surface area contributed by atoms with E-state index in [4.69, 9.17) is 4.74 Å². The Morgan fingerprint density at radius 1 is 1.35 bits per heavy atom. The number of anilines is 2. The molecule has 0 saturated heterocycles. The highest BCUT2D eigenvalue weighted by Gasteiger charge is 2.39. The smallest absolute Gasteiger partial charge is 0.326 e. The second kappa shape index (κ2) is 5.53. The minimum absolute atomic E-state index is 0.0546. The van der Waals surface area contributed by atoms with Gasteiger partial charge in [0.15, 0.2) is 0 Å². The zero-order valence-corrected chi connectivity index (χ0v) is 12.1. The van der Waals surface area contributed by atoms with E-state index in [-0.39, 0.29) is 18.4 Å². The number of carbonyl (C=O) groups excluding carboxylic acids is 2. The summed E-state index contributed by atoms with van der Waals surface area (Å²) in [5.74, 6) is -0.516. The molecule has 1 aromatic carbocycles. The van der Waals surface area contributed by atoms with E-state index in [1.165, 1.54) is 4.90 Å². The van der Waals surface area contributed by atoms with Gasteiger partial charge in [-0.1, -0.05) is 19.1 Å². The van der Waals surface area contributed by atoms with E-state index in [2.05, 4.69) is 5.32 Å². The van der Waals surface area contributed by atoms with Crippen LogP contribution in [-0.4, -0.2) is 30.6 Å². The van der Waals surface area contributed by atoms with Crippen LogP contribution in [0.5, 0.6) is 0 Å². The fourth-order valence-corrected chi connectivity index (χ4v) is 2.20. The lowest BCUT2D eigenvalue weighted by atomic mass is 9.98. The van der Waals surface area contributed by atoms with Gasteiger partial charge in [0.05, 0.1) is 18.0 Å². The van der Waals surface area contributed by atoms with Gasteiger partial charge in [-0.2, -0.15) is 0 Å². The van der Waals surface area contributed by atoms with Crippen molar-refractivity contribution in [1.82, 2.24) is 0 Å². The van der Waals surface area contributed by atoms with Gasteiger partial charge in [0.1, 0.15) is 12.1 Å². The summed E-state index contributed by atoms with van der Waals surface area (Å²) in [6, 6.07) is 7.46. The van der Waals surface area contributed by atoms with E-state index in [1.807, 2.05) is 31.2 Å². The molecule has 0 unspecified atom stereocenters. The number of benzene rings is 1. The van der Waals surface area contributed by atoms with Gasteiger partial charge in [-0.25, -0.2) is 0 Å². The second-order valence-electron chi connectivity index (χ2n) is 5.38. The van der Waals surface area contributed by atoms with Crippen LogP contribution in [0.3, 0.4) is 0 Å². The van der Waals surface area contributed by atoms with Crippen LogP contribution in [0.4, 0.5) is 11.4 Å². The number of para-hydroxylation sites is 2. The highest BCUT2D eigenvalue weighted by atomic mass is 16.5. The lowest BCUT2D eigenvalue weighted by Gasteiger charge is -2.39. The molecule has 0 saturated carbocycles. The van der Waals surface area contributed by atoms with Gasteiger partial charge < -0.3 is 10.1 Å². The Balaban J connectivity index is 2.26. The van der Waals surface area contributed by atoms with Gasteiger partial charge in [0.2, 0.25) is 0 Å². The third kappa shape index (κ3) is 2.76. The molecule has 108 valence electrons. The number of nitrogens with zero attached hydrogens (tertiary/aromatic N) is 1. The maximum atomic E-state index is 12.5. The predicted molar refractivity (Wildman–Crippen MR) is 77.7 cm³/mol. The van der Waals surface area contributed by atoms with Gasteiger partial charge in [-0.05, 0) is 32.4 Å². The molecule has 20 heavy (non-hydrogen) atoms. The minimum atomic E-state index is -0.737. The Kier molecular flexibility index (Phi) is 3.97. The van der Waals surface area contributed by atoms with E-state index in [1.54, 1.807) is 13.8 Å². The fraction of sp³-hybridized carbons (Fsp3) is 0.467. The molecule has 1 aliphatic rings. The topological polar surface area (TPSA) is 58.6 Å². The van der Waals surface area contributed by atoms with Crippen LogP contribution in [0, 0.1) is 0 Å². The average molecular weight is 276 g/mol. The van der Waals surface area contributed by atoms with Gasteiger partial charge in [-0.15, -0.1) is 0 Å². The van der Waals surface area contributed by atoms with Crippen molar-refractivity contribution in [1.29, 1.82) is 0 Å². The van der Waals surface area contributed by atoms with Crippen molar-refractivity contribution >= 4 is 23.3 Å². The molecule has 0 bridgehead atoms. The van der Waals surface area contributed by atoms with Gasteiger partial charge >= 0.3 is 5.97 Å². The average Bonchev–Trinajstić information content (AvgIpc) is 2.41. The SMILES string of the molecule is CCCOC(=O)CN1C(=O)C(C)(C)Nc2ccccc21. The van der Waals surface area contributed by atoms with E-state index in [0.717, 1.165) is 12.1 Å². The Hall–Kier alpha value is -2.04. The highest BCUT2D eigenvalue weighted by Crippen LogP contribution is 2.34. The number of hydrogen-bond acceptors (Lipinski definition) is 4. The maximum absolute atomic E-state index is 12.5. The number of carbonyl (C=O) groups is 2. The summed E-state index contributed by atoms with van der Waals surface area (Å²) < 4.78 is 5.07. The summed E-state index contributed by atoms with van der Waals surface area (Å²) >= 11 is 0. The monoisotopic (exact) mass is 276 g/mol. The van der Waals surface area contributed by atoms with Crippen molar-refractivity contribution in [3.63, 3.8) is 0 Å². The number of fused-ring (bicyclic) bond motifs is 1. The first-order valence-corrected chi connectivity index (χ1v) is 6.80. The standard InChI is InChI=1S/C15H20N2O3/c1-4-9-20-13(18)10-17-12-8-6-5-7-11(12)16-15(2,3)14(17)19/h5-8,16H,4,9-10H2,1-3H3. The largest absolute Gasteiger partial charge is 0.464 e. The van der Waals surface area contributed by atoms with Crippen LogP contribution in [0.25, 0.3) is 0 Å². The first-order valence-electron chi connectivity index (χ1n) is 6.80. The molecule has 1 aromatic rings. The lowest BCUT2D eigenvalue weighted by Crippen LogP contribution is -2.55. The molecule has 2 rings (SSSR count). The Labute approximate surface area is 118 Å². The summed E-state index contributed by atoms with van der Waals surface area (Å²) in [6.45, 7) is 5.86. The minimum Gasteiger partial charge on any atom is -0.464 e. The number of ether oxygens (including phenoxy) is 1. The van der Waals surface area contributed by atoms with E-state index < -0.39 is 5.54 Å². The quantitative estimate of drug-likeness (QED) is 0.856. The Morgan fingerprint density at radius 3 is 2.75 bits per heavy atom. The molecule has 0 aliphatic carbocycles. The number of hydrogen-bond donors (Lipinski definition) is 1. The summed E-state index contributed by atoms with van der Waals surface area (Å²) in [6.07, 6.45) is 0.767. The molecule has 0 aromatic heterocycles. The molecule has 0 radical (unpaired) electrons. The number of rotatable bonds is 4. The molecular formula is C15H20N2O3. The van der Waals surface area contributed by atoms with Crippen molar-refractivity contribution in [2.24, 2.45) is 0 Å². The highest BCUT2D eigenvalue weighted by molar-refractivity contribution is 6.09. The molecule has 5 heteroatoms. The molecule has 1 N–H and O–H groups in total. The van der Waals surface area contributed by atoms with Gasteiger partial charge in [0, 0.05) is 0 Å². The van der Waals surface area contributed by atoms with Crippen LogP contribution >= 0.6 is 0 Å². The Bertz CT molecular complexity index is 526. The molecule has 1 heterocycles. The van der Waals surface area contributed by atoms with Crippen LogP contribution in [0.15, 0.2) is 24.3 Å². The zero-order chi connectivity index (χ0) is 14.8. The maximum Gasteiger partial charge on any atom is 0.326 e. The molecular weight excluding hydrogens is 256 g/mol. The molecule has 5 nitrogen and oxygen atoms in total. The lowest BCUT2D eigenvalue weighted by molar-refractivity contribution is -0.143. The Morgan fingerprint density at radius 2 is 2.05 bits per heavy atom. The van der Waals surface area contributed by atoms with Crippen LogP contribution in [0.2, 0.25) is 0 Å². The first-order chi connectivity index (χ1) is 9.45. The van der Waals surface area contributed by atoms with E-state index in [9.17, 15) is 9.59 Å². The van der Waals surface area contributed by atoms with Gasteiger partial charge in [0.25, 0.3) is 5.91 Å². The third-order valence-electron chi connectivity index (χ3n) is 3.18. The van der Waals surface area contributed by atoms with Crippen LogP contribution in [0.1, 0.15) is 27.2 Å². The molecule has 0 spiro atoms. The number of esters is 1. The second-order valence-corrected chi connectivity index (χ2v) is 5.38. The van der Waals surface area contributed by atoms with Crippen molar-refractivity contribution in [2.45, 2.75) is 32.7 Å². The molecule has 0 atom stereocenters. The summed E-state index contributed by atoms with van der Waals surface area (Å²) in [5.41, 5.74) is 0.824. The molecule has 0 fully saturated rings. The summed E-state index contributed by atoms with van der Waals surface area (Å²) in [7, 11) is 0. The van der Waals surface area contributed by atoms with E-state index >= 15 is 0 Å². The summed E-state index contributed by atoms with van der Waals surface area (Å²) in [5, 5.41) is 3.19. The van der Waals surface area contributed by atoms with Crippen LogP contribution in [-0.2, 0) is 14.3 Å². The van der Waals surface area contributed by atoms with Crippen LogP contribution < -0.4 is 10.2 Å². The normalized spacial score (nSPS) is 16.4. The zero-order valence-electron chi connectivity index (χ0n) is 12.1. The van der Waals surface area contributed by atoms with Crippen molar-refractivity contribution in [3.8, 4) is 0 Å². The third-order valence-corrected chi connectivity index (χ3v) is 3.18. The molecule has 1 amide bonds. The van der Waals surface area contributed by atoms with E-state index in [0.29, 0.717) is 12.3 Å². The van der Waals surface area contributed by atoms with Crippen molar-refractivity contribution in [3.05, 3.63) is 24.3 Å². The first kappa shape index (κ1) is 14.4. The molecule has 1 aliphatic heterocycles. The fourth-order valence-electron chi connectivity index (χ4n) is 2.20. The van der Waals surface area contributed by atoms with Gasteiger partial charge in [-0.3, -0.25) is 14.5 Å². The predicted octanol–water partition coefficient (Wildman–Crippen LogP) is 2.18. The van der Waals surface area contributed by atoms with Crippen molar-refractivity contribution < 1.29 is 14.3 Å². The number of amides is 1. The van der Waals surface area contributed by atoms with Crippen molar-refractivity contribution in [2.75, 3.05) is 23.4 Å². The summed E-state index contributed by atoms with van der Waals surface area (Å²) in [4.78, 5) is 25.8. The number of nitrogens with one attached hydrogen (secondary N) is 1.